The Bertz CT molecular complexity index is 724. The van der Waals surface area contributed by atoms with Gasteiger partial charge in [0.25, 0.3) is 0 Å². The van der Waals surface area contributed by atoms with Gasteiger partial charge < -0.3 is 9.47 Å². The molecular formula is C19H20INO3. The first kappa shape index (κ1) is 18.4. The molecule has 126 valence electrons. The lowest BCUT2D eigenvalue weighted by Crippen LogP contribution is -2.18. The Labute approximate surface area is 156 Å². The Morgan fingerprint density at radius 1 is 1.21 bits per heavy atom. The van der Waals surface area contributed by atoms with Gasteiger partial charge in [0.1, 0.15) is 5.75 Å². The van der Waals surface area contributed by atoms with E-state index < -0.39 is 0 Å². The molecule has 0 heterocycles. The maximum Gasteiger partial charge on any atom is 0.344 e. The van der Waals surface area contributed by atoms with Gasteiger partial charge in [-0.25, -0.2) is 4.79 Å². The molecule has 0 aliphatic carbocycles. The minimum atomic E-state index is -0.371. The van der Waals surface area contributed by atoms with Gasteiger partial charge in [-0.05, 0) is 97.0 Å². The summed E-state index contributed by atoms with van der Waals surface area (Å²) < 4.78 is 11.6. The third-order valence-electron chi connectivity index (χ3n) is 3.11. The molecule has 5 heteroatoms. The lowest BCUT2D eigenvalue weighted by atomic mass is 10.2. The van der Waals surface area contributed by atoms with Crippen LogP contribution in [-0.2, 0) is 9.53 Å². The van der Waals surface area contributed by atoms with Crippen molar-refractivity contribution in [3.63, 3.8) is 0 Å². The normalized spacial score (nSPS) is 11.0. The van der Waals surface area contributed by atoms with Crippen LogP contribution in [0.4, 0.5) is 5.69 Å². The number of carbonyl (C=O) groups excluding carboxylic acids is 1. The maximum absolute atomic E-state index is 11.4. The second-order valence-electron chi connectivity index (χ2n) is 5.59. The van der Waals surface area contributed by atoms with Gasteiger partial charge in [-0.2, -0.15) is 0 Å². The van der Waals surface area contributed by atoms with Crippen LogP contribution in [-0.4, -0.2) is 24.9 Å². The summed E-state index contributed by atoms with van der Waals surface area (Å²) in [5.41, 5.74) is 3.09. The highest BCUT2D eigenvalue weighted by Crippen LogP contribution is 2.19. The largest absolute Gasteiger partial charge is 0.482 e. The van der Waals surface area contributed by atoms with Crippen LogP contribution in [0.15, 0.2) is 47.5 Å². The van der Waals surface area contributed by atoms with Gasteiger partial charge in [-0.3, -0.25) is 4.99 Å². The van der Waals surface area contributed by atoms with Crippen LogP contribution in [0.2, 0.25) is 0 Å². The third kappa shape index (κ3) is 5.96. The molecule has 0 saturated carbocycles. The van der Waals surface area contributed by atoms with Crippen molar-refractivity contribution in [2.45, 2.75) is 26.9 Å². The monoisotopic (exact) mass is 437 g/mol. The van der Waals surface area contributed by atoms with E-state index in [2.05, 4.69) is 46.6 Å². The van der Waals surface area contributed by atoms with Crippen molar-refractivity contribution >= 4 is 40.5 Å². The molecule has 0 unspecified atom stereocenters. The molecule has 0 N–H and O–H groups in total. The molecule has 2 aromatic carbocycles. The average molecular weight is 437 g/mol. The van der Waals surface area contributed by atoms with E-state index in [1.165, 1.54) is 9.13 Å². The molecular weight excluding hydrogens is 417 g/mol. The molecule has 4 nitrogen and oxygen atoms in total. The van der Waals surface area contributed by atoms with Gasteiger partial charge in [-0.1, -0.05) is 0 Å². The van der Waals surface area contributed by atoms with Crippen LogP contribution in [0.1, 0.15) is 25.0 Å². The van der Waals surface area contributed by atoms with Crippen molar-refractivity contribution in [1.29, 1.82) is 0 Å². The van der Waals surface area contributed by atoms with Crippen LogP contribution >= 0.6 is 22.6 Å². The molecule has 0 aliphatic rings. The number of esters is 1. The third-order valence-corrected chi connectivity index (χ3v) is 4.32. The van der Waals surface area contributed by atoms with Crippen LogP contribution in [0.3, 0.4) is 0 Å². The van der Waals surface area contributed by atoms with Gasteiger partial charge in [-0.15, -0.1) is 0 Å². The molecule has 0 fully saturated rings. The molecule has 0 atom stereocenters. The van der Waals surface area contributed by atoms with Crippen molar-refractivity contribution < 1.29 is 14.3 Å². The Balaban J connectivity index is 1.93. The molecule has 2 aromatic rings. The number of aryl methyl sites for hydroxylation is 1. The van der Waals surface area contributed by atoms with Crippen LogP contribution in [0.5, 0.6) is 5.75 Å². The molecule has 0 radical (unpaired) electrons. The van der Waals surface area contributed by atoms with E-state index in [-0.39, 0.29) is 18.7 Å². The highest BCUT2D eigenvalue weighted by atomic mass is 127. The summed E-state index contributed by atoms with van der Waals surface area (Å²) in [6.45, 7) is 5.59. The summed E-state index contributed by atoms with van der Waals surface area (Å²) >= 11 is 2.30. The fraction of sp³-hybridized carbons (Fsp3) is 0.263. The minimum Gasteiger partial charge on any atom is -0.482 e. The van der Waals surface area contributed by atoms with Gasteiger partial charge >= 0.3 is 5.97 Å². The van der Waals surface area contributed by atoms with Crippen molar-refractivity contribution in [2.24, 2.45) is 4.99 Å². The average Bonchev–Trinajstić information content (AvgIpc) is 2.54. The number of hydrogen-bond acceptors (Lipinski definition) is 4. The summed E-state index contributed by atoms with van der Waals surface area (Å²) in [5, 5.41) is 0. The van der Waals surface area contributed by atoms with E-state index >= 15 is 0 Å². The lowest BCUT2D eigenvalue weighted by molar-refractivity contribution is -0.149. The first-order chi connectivity index (χ1) is 11.4. The zero-order valence-electron chi connectivity index (χ0n) is 14.0. The molecule has 2 rings (SSSR count). The van der Waals surface area contributed by atoms with Crippen LogP contribution in [0, 0.1) is 10.5 Å². The number of nitrogens with zero attached hydrogens (tertiary/aromatic N) is 1. The fourth-order valence-electron chi connectivity index (χ4n) is 1.95. The summed E-state index contributed by atoms with van der Waals surface area (Å²) in [6.07, 6.45) is 1.67. The number of hydrogen-bond donors (Lipinski definition) is 0. The Morgan fingerprint density at radius 3 is 2.54 bits per heavy atom. The molecule has 0 bridgehead atoms. The Hall–Kier alpha value is -1.89. The molecule has 0 saturated heterocycles. The molecule has 0 aliphatic heterocycles. The lowest BCUT2D eigenvalue weighted by Gasteiger charge is -2.09. The molecule has 0 spiro atoms. The van der Waals surface area contributed by atoms with E-state index in [1.54, 1.807) is 20.1 Å². The van der Waals surface area contributed by atoms with E-state index in [4.69, 9.17) is 9.47 Å². The predicted octanol–water partition coefficient (Wildman–Crippen LogP) is 4.68. The number of halogens is 1. The standard InChI is InChI=1S/C19H20INO3/c1-13(2)24-19(22)12-23-17-7-4-15(5-8-17)11-21-16-6-9-18(20)14(3)10-16/h4-11,13H,12H2,1-3H3. The van der Waals surface area contributed by atoms with Crippen molar-refractivity contribution in [1.82, 2.24) is 0 Å². The van der Waals surface area contributed by atoms with Crippen molar-refractivity contribution in [3.05, 3.63) is 57.2 Å². The van der Waals surface area contributed by atoms with Crippen LogP contribution < -0.4 is 4.74 Å². The number of ether oxygens (including phenoxy) is 2. The topological polar surface area (TPSA) is 47.9 Å². The van der Waals surface area contributed by atoms with Crippen LogP contribution in [0.25, 0.3) is 0 Å². The Kier molecular flexibility index (Phi) is 6.78. The highest BCUT2D eigenvalue weighted by Gasteiger charge is 2.06. The number of aliphatic imine (C=N–C) groups is 1. The molecule has 0 amide bonds. The first-order valence-corrected chi connectivity index (χ1v) is 8.74. The summed E-state index contributed by atoms with van der Waals surface area (Å²) in [7, 11) is 0. The predicted molar refractivity (Wildman–Crippen MR) is 104 cm³/mol. The zero-order valence-corrected chi connectivity index (χ0v) is 16.1. The Morgan fingerprint density at radius 2 is 1.92 bits per heavy atom. The van der Waals surface area contributed by atoms with Gasteiger partial charge in [0.15, 0.2) is 6.61 Å². The summed E-state index contributed by atoms with van der Waals surface area (Å²) in [6, 6.07) is 13.5. The molecule has 0 aromatic heterocycles. The van der Waals surface area contributed by atoms with Gasteiger partial charge in [0, 0.05) is 9.78 Å². The number of rotatable bonds is 6. The van der Waals surface area contributed by atoms with Crippen molar-refractivity contribution in [3.8, 4) is 5.75 Å². The highest BCUT2D eigenvalue weighted by molar-refractivity contribution is 14.1. The van der Waals surface area contributed by atoms with E-state index in [9.17, 15) is 4.79 Å². The summed E-state index contributed by atoms with van der Waals surface area (Å²) in [5.74, 6) is 0.252. The number of benzene rings is 2. The quantitative estimate of drug-likeness (QED) is 0.375. The SMILES string of the molecule is Cc1cc(N=Cc2ccc(OCC(=O)OC(C)C)cc2)ccc1I. The van der Waals surface area contributed by atoms with E-state index in [0.717, 1.165) is 11.3 Å². The minimum absolute atomic E-state index is 0.0897. The van der Waals surface area contributed by atoms with E-state index in [1.807, 2.05) is 30.3 Å². The fourth-order valence-corrected chi connectivity index (χ4v) is 2.28. The maximum atomic E-state index is 11.4. The van der Waals surface area contributed by atoms with Gasteiger partial charge in [0.2, 0.25) is 0 Å². The van der Waals surface area contributed by atoms with Gasteiger partial charge in [0.05, 0.1) is 11.8 Å². The zero-order chi connectivity index (χ0) is 17.5. The first-order valence-electron chi connectivity index (χ1n) is 7.66. The number of carbonyl (C=O) groups is 1. The van der Waals surface area contributed by atoms with E-state index in [0.29, 0.717) is 5.75 Å². The summed E-state index contributed by atoms with van der Waals surface area (Å²) in [4.78, 5) is 15.9. The second-order valence-corrected chi connectivity index (χ2v) is 6.75. The molecule has 24 heavy (non-hydrogen) atoms. The second kappa shape index (κ2) is 8.82. The smallest absolute Gasteiger partial charge is 0.344 e. The van der Waals surface area contributed by atoms with Crippen molar-refractivity contribution in [2.75, 3.05) is 6.61 Å².